The highest BCUT2D eigenvalue weighted by atomic mass is 16.5. The molecule has 1 heterocycles. The van der Waals surface area contributed by atoms with Crippen molar-refractivity contribution in [2.45, 2.75) is 31.8 Å². The summed E-state index contributed by atoms with van der Waals surface area (Å²) in [5.41, 5.74) is 11.2. The lowest BCUT2D eigenvalue weighted by Gasteiger charge is -2.31. The van der Waals surface area contributed by atoms with E-state index in [1.807, 2.05) is 39.0 Å². The zero-order valence-electron chi connectivity index (χ0n) is 22.2. The van der Waals surface area contributed by atoms with E-state index in [0.717, 1.165) is 33.0 Å². The van der Waals surface area contributed by atoms with Crippen LogP contribution in [0.2, 0.25) is 0 Å². The van der Waals surface area contributed by atoms with Gasteiger partial charge in [0, 0.05) is 21.9 Å². The van der Waals surface area contributed by atoms with Crippen molar-refractivity contribution in [2.24, 2.45) is 0 Å². The first-order valence-electron chi connectivity index (χ1n) is 13.5. The molecule has 2 aliphatic carbocycles. The number of rotatable bonds is 2. The highest BCUT2D eigenvalue weighted by Gasteiger charge is 2.52. The molecule has 0 saturated heterocycles. The Bertz CT molecular complexity index is 1960. The van der Waals surface area contributed by atoms with Crippen LogP contribution in [0.25, 0.3) is 44.2 Å². The molecule has 1 unspecified atom stereocenters. The monoisotopic (exact) mass is 506 g/mol. The third-order valence-corrected chi connectivity index (χ3v) is 8.37. The van der Waals surface area contributed by atoms with Gasteiger partial charge in [-0.3, -0.25) is 0 Å². The van der Waals surface area contributed by atoms with Crippen LogP contribution in [0.3, 0.4) is 0 Å². The van der Waals surface area contributed by atoms with Crippen molar-refractivity contribution in [1.82, 2.24) is 0 Å². The summed E-state index contributed by atoms with van der Waals surface area (Å²) in [6.45, 7) is 5.88. The lowest BCUT2D eigenvalue weighted by atomic mass is 9.68. The summed E-state index contributed by atoms with van der Waals surface area (Å²) in [6, 6.07) is 36.5. The third kappa shape index (κ3) is 2.96. The number of fused-ring (bicyclic) bond motifs is 14. The first kappa shape index (κ1) is 22.8. The second kappa shape index (κ2) is 7.72. The number of furan rings is 1. The lowest BCUT2D eigenvalue weighted by molar-refractivity contribution is 0.107. The SMILES string of the molecule is CC(C)(C)OB(O)c1ccc2c(c1)C1(c3ccccc3-2)c2ccccc2-c2c1ccc1c2oc2ccccc21. The molecule has 1 atom stereocenters. The first-order valence-corrected chi connectivity index (χ1v) is 13.5. The van der Waals surface area contributed by atoms with E-state index >= 15 is 0 Å². The summed E-state index contributed by atoms with van der Waals surface area (Å²) in [4.78, 5) is 0. The minimum atomic E-state index is -1.02. The maximum Gasteiger partial charge on any atom is 0.491 e. The van der Waals surface area contributed by atoms with Crippen molar-refractivity contribution in [3.63, 3.8) is 0 Å². The van der Waals surface area contributed by atoms with Crippen LogP contribution in [0.5, 0.6) is 0 Å². The minimum absolute atomic E-state index is 0.474. The van der Waals surface area contributed by atoms with Gasteiger partial charge in [0.1, 0.15) is 11.2 Å². The van der Waals surface area contributed by atoms with E-state index in [-0.39, 0.29) is 0 Å². The molecule has 5 aromatic carbocycles. The van der Waals surface area contributed by atoms with Gasteiger partial charge in [-0.2, -0.15) is 0 Å². The third-order valence-electron chi connectivity index (χ3n) is 8.37. The van der Waals surface area contributed by atoms with Gasteiger partial charge in [-0.1, -0.05) is 97.1 Å². The van der Waals surface area contributed by atoms with Gasteiger partial charge in [0.2, 0.25) is 0 Å². The molecule has 0 bridgehead atoms. The molecule has 0 radical (unpaired) electrons. The minimum Gasteiger partial charge on any atom is -0.455 e. The average molecular weight is 506 g/mol. The molecular weight excluding hydrogens is 479 g/mol. The quantitative estimate of drug-likeness (QED) is 0.248. The van der Waals surface area contributed by atoms with E-state index in [2.05, 4.69) is 84.9 Å². The Morgan fingerprint density at radius 2 is 1.33 bits per heavy atom. The van der Waals surface area contributed by atoms with Crippen LogP contribution in [0, 0.1) is 0 Å². The van der Waals surface area contributed by atoms with E-state index in [9.17, 15) is 5.02 Å². The summed E-state index contributed by atoms with van der Waals surface area (Å²) in [5.74, 6) is 0. The zero-order chi connectivity index (χ0) is 26.5. The molecule has 0 fully saturated rings. The van der Waals surface area contributed by atoms with Crippen LogP contribution < -0.4 is 5.46 Å². The summed E-state index contributed by atoms with van der Waals surface area (Å²) in [5, 5.41) is 13.4. The fraction of sp³-hybridized carbons (Fsp3) is 0.143. The van der Waals surface area contributed by atoms with Crippen molar-refractivity contribution in [3.8, 4) is 22.3 Å². The Labute approximate surface area is 227 Å². The largest absolute Gasteiger partial charge is 0.491 e. The fourth-order valence-electron chi connectivity index (χ4n) is 6.98. The lowest BCUT2D eigenvalue weighted by Crippen LogP contribution is -2.41. The Hall–Kier alpha value is -4.12. The van der Waals surface area contributed by atoms with Gasteiger partial charge in [0.15, 0.2) is 0 Å². The van der Waals surface area contributed by atoms with E-state index in [0.29, 0.717) is 0 Å². The van der Waals surface area contributed by atoms with Crippen LogP contribution in [-0.2, 0) is 10.1 Å². The van der Waals surface area contributed by atoms with Crippen LogP contribution in [0.15, 0.2) is 108 Å². The topological polar surface area (TPSA) is 42.6 Å². The molecular formula is C35H27BO3. The predicted octanol–water partition coefficient (Wildman–Crippen LogP) is 7.43. The smallest absolute Gasteiger partial charge is 0.455 e. The standard InChI is InChI=1S/C35H27BO3/c1-34(2,3)39-36(37)21-16-17-23-22-10-4-7-13-27(22)35(30(23)20-21)28-14-8-5-12-26(28)32-29(35)19-18-25-24-11-6-9-15-31(24)38-33(25)32/h4-20,37H,1-3H3. The molecule has 4 heteroatoms. The van der Waals surface area contributed by atoms with Crippen molar-refractivity contribution in [2.75, 3.05) is 0 Å². The zero-order valence-corrected chi connectivity index (χ0v) is 22.2. The maximum absolute atomic E-state index is 11.1. The molecule has 3 nitrogen and oxygen atoms in total. The highest BCUT2D eigenvalue weighted by molar-refractivity contribution is 6.60. The van der Waals surface area contributed by atoms with Crippen molar-refractivity contribution in [1.29, 1.82) is 0 Å². The van der Waals surface area contributed by atoms with Gasteiger partial charge in [-0.05, 0) is 71.2 Å². The van der Waals surface area contributed by atoms with Crippen LogP contribution in [0.1, 0.15) is 43.0 Å². The van der Waals surface area contributed by atoms with Crippen molar-refractivity contribution in [3.05, 3.63) is 125 Å². The molecule has 39 heavy (non-hydrogen) atoms. The number of hydrogen-bond acceptors (Lipinski definition) is 3. The van der Waals surface area contributed by atoms with E-state index in [4.69, 9.17) is 9.07 Å². The second-order valence-corrected chi connectivity index (χ2v) is 11.7. The van der Waals surface area contributed by atoms with Crippen LogP contribution in [-0.4, -0.2) is 17.7 Å². The molecule has 1 spiro atoms. The van der Waals surface area contributed by atoms with Gasteiger partial charge in [0.05, 0.1) is 5.41 Å². The number of para-hydroxylation sites is 1. The van der Waals surface area contributed by atoms with Crippen LogP contribution >= 0.6 is 0 Å². The average Bonchev–Trinajstić information content (AvgIpc) is 3.55. The second-order valence-electron chi connectivity index (χ2n) is 11.7. The molecule has 1 aromatic heterocycles. The van der Waals surface area contributed by atoms with Crippen molar-refractivity contribution < 1.29 is 14.1 Å². The first-order chi connectivity index (χ1) is 18.9. The van der Waals surface area contributed by atoms with Gasteiger partial charge in [-0.25, -0.2) is 0 Å². The Morgan fingerprint density at radius 3 is 2.13 bits per heavy atom. The summed E-state index contributed by atoms with van der Waals surface area (Å²) >= 11 is 0. The molecule has 0 amide bonds. The van der Waals surface area contributed by atoms with Gasteiger partial charge < -0.3 is 14.1 Å². The van der Waals surface area contributed by atoms with Crippen molar-refractivity contribution >= 4 is 34.5 Å². The predicted molar refractivity (Wildman–Crippen MR) is 158 cm³/mol. The van der Waals surface area contributed by atoms with E-state index < -0.39 is 18.1 Å². The normalized spacial score (nSPS) is 16.9. The van der Waals surface area contributed by atoms with Gasteiger partial charge in [0.25, 0.3) is 0 Å². The van der Waals surface area contributed by atoms with E-state index in [1.54, 1.807) is 0 Å². The molecule has 0 aliphatic heterocycles. The molecule has 188 valence electrons. The molecule has 6 aromatic rings. The number of benzene rings is 5. The molecule has 2 aliphatic rings. The summed E-state index contributed by atoms with van der Waals surface area (Å²) in [6.07, 6.45) is 0. The number of hydrogen-bond donors (Lipinski definition) is 1. The van der Waals surface area contributed by atoms with E-state index in [1.165, 1.54) is 38.9 Å². The molecule has 8 rings (SSSR count). The van der Waals surface area contributed by atoms with Gasteiger partial charge >= 0.3 is 7.12 Å². The Balaban J connectivity index is 1.49. The van der Waals surface area contributed by atoms with Gasteiger partial charge in [-0.15, -0.1) is 0 Å². The Kier molecular flexibility index (Phi) is 4.52. The molecule has 0 saturated carbocycles. The summed E-state index contributed by atoms with van der Waals surface area (Å²) < 4.78 is 12.6. The molecule has 1 N–H and O–H groups in total. The fourth-order valence-corrected chi connectivity index (χ4v) is 6.98. The summed E-state index contributed by atoms with van der Waals surface area (Å²) in [7, 11) is -1.02. The van der Waals surface area contributed by atoms with Crippen LogP contribution in [0.4, 0.5) is 0 Å². The Morgan fingerprint density at radius 1 is 0.667 bits per heavy atom. The highest BCUT2D eigenvalue weighted by Crippen LogP contribution is 2.63. The maximum atomic E-state index is 11.1.